The fraction of sp³-hybridized carbons (Fsp3) is 0.923. The third-order valence-electron chi connectivity index (χ3n) is 6.05. The van der Waals surface area contributed by atoms with Crippen LogP contribution in [-0.2, 0) is 0 Å². The van der Waals surface area contributed by atoms with Gasteiger partial charge in [0.2, 0.25) is 0 Å². The van der Waals surface area contributed by atoms with Crippen LogP contribution in [-0.4, -0.2) is 0 Å². The summed E-state index contributed by atoms with van der Waals surface area (Å²) in [6, 6.07) is 0. The van der Waals surface area contributed by atoms with E-state index in [1.54, 1.807) is 0 Å². The summed E-state index contributed by atoms with van der Waals surface area (Å²) in [5.41, 5.74) is 0. The zero-order valence-electron chi connectivity index (χ0n) is 18.5. The number of hydrogen-bond acceptors (Lipinski definition) is 0. The Bertz CT molecular complexity index is 232. The van der Waals surface area contributed by atoms with E-state index < -0.39 is 0 Å². The Morgan fingerprint density at radius 3 is 0.962 bits per heavy atom. The zero-order valence-corrected chi connectivity index (χ0v) is 18.5. The maximum absolute atomic E-state index is 3.92. The number of hydrogen-bond donors (Lipinski definition) is 0. The molecule has 1 unspecified atom stereocenters. The van der Waals surface area contributed by atoms with E-state index in [2.05, 4.69) is 20.8 Å². The Morgan fingerprint density at radius 2 is 0.692 bits per heavy atom. The van der Waals surface area contributed by atoms with Crippen LogP contribution in [0.15, 0.2) is 0 Å². The summed E-state index contributed by atoms with van der Waals surface area (Å²) >= 11 is 0. The predicted octanol–water partition coefficient (Wildman–Crippen LogP) is 9.87. The number of rotatable bonds is 22. The molecule has 0 fully saturated rings. The normalized spacial score (nSPS) is 12.6. The fourth-order valence-corrected chi connectivity index (χ4v) is 4.07. The van der Waals surface area contributed by atoms with Crippen LogP contribution >= 0.6 is 0 Å². The van der Waals surface area contributed by atoms with Gasteiger partial charge in [-0.3, -0.25) is 0 Å². The highest BCUT2D eigenvalue weighted by Gasteiger charge is 2.05. The molecular formula is C26H52. The van der Waals surface area contributed by atoms with E-state index >= 15 is 0 Å². The van der Waals surface area contributed by atoms with Crippen molar-refractivity contribution in [2.45, 2.75) is 148 Å². The molecule has 0 heterocycles. The van der Waals surface area contributed by atoms with Gasteiger partial charge in [-0.15, -0.1) is 0 Å². The molecule has 2 radical (unpaired) electrons. The molecule has 0 amide bonds. The van der Waals surface area contributed by atoms with Crippen LogP contribution in [0.3, 0.4) is 0 Å². The van der Waals surface area contributed by atoms with Crippen LogP contribution < -0.4 is 0 Å². The Kier molecular flexibility index (Phi) is 23.0. The first kappa shape index (κ1) is 26.0. The second-order valence-corrected chi connectivity index (χ2v) is 8.57. The fourth-order valence-electron chi connectivity index (χ4n) is 4.07. The second kappa shape index (κ2) is 23.0. The van der Waals surface area contributed by atoms with E-state index in [0.717, 1.165) is 18.8 Å². The molecule has 0 saturated carbocycles. The molecule has 0 nitrogen and oxygen atoms in total. The van der Waals surface area contributed by atoms with Gasteiger partial charge in [-0.2, -0.15) is 0 Å². The van der Waals surface area contributed by atoms with Crippen LogP contribution in [0.25, 0.3) is 0 Å². The molecule has 0 aliphatic heterocycles. The van der Waals surface area contributed by atoms with Crippen molar-refractivity contribution < 1.29 is 0 Å². The Labute approximate surface area is 168 Å². The highest BCUT2D eigenvalue weighted by molar-refractivity contribution is 4.59. The molecule has 0 aromatic carbocycles. The summed E-state index contributed by atoms with van der Waals surface area (Å²) in [6.07, 6.45) is 31.1. The second-order valence-electron chi connectivity index (χ2n) is 8.57. The van der Waals surface area contributed by atoms with E-state index in [0.29, 0.717) is 0 Å². The van der Waals surface area contributed by atoms with E-state index in [9.17, 15) is 0 Å². The molecule has 0 rings (SSSR count). The van der Waals surface area contributed by atoms with Gasteiger partial charge in [0.15, 0.2) is 0 Å². The minimum atomic E-state index is 1.01. The van der Waals surface area contributed by atoms with Crippen LogP contribution in [0.5, 0.6) is 0 Å². The molecular weight excluding hydrogens is 312 g/mol. The lowest BCUT2D eigenvalue weighted by Gasteiger charge is -2.14. The Balaban J connectivity index is 3.27. The van der Waals surface area contributed by atoms with Crippen LogP contribution in [0.1, 0.15) is 148 Å². The van der Waals surface area contributed by atoms with E-state index in [1.165, 1.54) is 128 Å². The lowest BCUT2D eigenvalue weighted by molar-refractivity contribution is 0.392. The first-order valence-electron chi connectivity index (χ1n) is 12.4. The molecule has 0 heteroatoms. The Morgan fingerprint density at radius 1 is 0.423 bits per heavy atom. The zero-order chi connectivity index (χ0) is 19.1. The van der Waals surface area contributed by atoms with Crippen molar-refractivity contribution >= 4 is 0 Å². The largest absolute Gasteiger partial charge is 0.0651 e. The lowest BCUT2D eigenvalue weighted by Crippen LogP contribution is -1.99. The average Bonchev–Trinajstić information content (AvgIpc) is 2.66. The van der Waals surface area contributed by atoms with Gasteiger partial charge in [0, 0.05) is 0 Å². The maximum Gasteiger partial charge on any atom is -0.0417 e. The average molecular weight is 365 g/mol. The summed E-state index contributed by atoms with van der Waals surface area (Å²) in [6.45, 7) is 10.2. The highest BCUT2D eigenvalue weighted by Crippen LogP contribution is 2.22. The van der Waals surface area contributed by atoms with Crippen molar-refractivity contribution in [3.05, 3.63) is 13.8 Å². The van der Waals surface area contributed by atoms with E-state index in [1.807, 2.05) is 0 Å². The van der Waals surface area contributed by atoms with E-state index in [4.69, 9.17) is 0 Å². The van der Waals surface area contributed by atoms with Gasteiger partial charge in [0.05, 0.1) is 0 Å². The van der Waals surface area contributed by atoms with Crippen molar-refractivity contribution in [3.63, 3.8) is 0 Å². The first-order valence-corrected chi connectivity index (χ1v) is 12.4. The minimum absolute atomic E-state index is 1.01. The van der Waals surface area contributed by atoms with Crippen LogP contribution in [0.4, 0.5) is 0 Å². The van der Waals surface area contributed by atoms with Gasteiger partial charge in [0.25, 0.3) is 0 Å². The number of unbranched alkanes of at least 4 members (excludes halogenated alkanes) is 17. The summed E-state index contributed by atoms with van der Waals surface area (Å²) in [5, 5.41) is 0. The van der Waals surface area contributed by atoms with Crippen molar-refractivity contribution in [1.29, 1.82) is 0 Å². The van der Waals surface area contributed by atoms with Crippen LogP contribution in [0.2, 0.25) is 0 Å². The van der Waals surface area contributed by atoms with Gasteiger partial charge in [-0.05, 0) is 5.92 Å². The Hall–Kier alpha value is 0. The smallest absolute Gasteiger partial charge is 0.0417 e. The molecule has 0 spiro atoms. The standard InChI is InChI=1S/C26H52/c1-4-7-9-11-13-15-16-17-19-21-23-25-26(6-3)24-22-20-18-14-12-10-8-5-2/h26H,1-2,4-25H2,3H3. The molecule has 0 aromatic rings. The summed E-state index contributed by atoms with van der Waals surface area (Å²) in [4.78, 5) is 0. The summed E-state index contributed by atoms with van der Waals surface area (Å²) < 4.78 is 0. The topological polar surface area (TPSA) is 0 Å². The molecule has 0 aliphatic rings. The highest BCUT2D eigenvalue weighted by atomic mass is 14.1. The van der Waals surface area contributed by atoms with Crippen molar-refractivity contribution in [2.75, 3.05) is 0 Å². The third kappa shape index (κ3) is 20.3. The van der Waals surface area contributed by atoms with Crippen molar-refractivity contribution in [1.82, 2.24) is 0 Å². The van der Waals surface area contributed by atoms with Gasteiger partial charge in [-0.1, -0.05) is 162 Å². The molecule has 0 aromatic heterocycles. The molecule has 0 N–H and O–H groups in total. The molecule has 26 heavy (non-hydrogen) atoms. The lowest BCUT2D eigenvalue weighted by atomic mass is 9.92. The van der Waals surface area contributed by atoms with Gasteiger partial charge in [-0.25, -0.2) is 0 Å². The molecule has 0 saturated heterocycles. The molecule has 0 aliphatic carbocycles. The molecule has 0 bridgehead atoms. The van der Waals surface area contributed by atoms with Crippen molar-refractivity contribution in [2.24, 2.45) is 5.92 Å². The van der Waals surface area contributed by atoms with Gasteiger partial charge >= 0.3 is 0 Å². The monoisotopic (exact) mass is 364 g/mol. The predicted molar refractivity (Wildman–Crippen MR) is 121 cm³/mol. The van der Waals surface area contributed by atoms with E-state index in [-0.39, 0.29) is 0 Å². The summed E-state index contributed by atoms with van der Waals surface area (Å²) in [5.74, 6) is 1.01. The third-order valence-corrected chi connectivity index (χ3v) is 6.05. The summed E-state index contributed by atoms with van der Waals surface area (Å²) in [7, 11) is 0. The molecule has 156 valence electrons. The maximum atomic E-state index is 3.92. The SMILES string of the molecule is [CH2]CCCCCCCCCCCCC(CC)CCCCCCCCC[CH2]. The van der Waals surface area contributed by atoms with Gasteiger partial charge in [0.1, 0.15) is 0 Å². The van der Waals surface area contributed by atoms with Crippen LogP contribution in [0, 0.1) is 19.8 Å². The first-order chi connectivity index (χ1) is 12.8. The minimum Gasteiger partial charge on any atom is -0.0651 e. The quantitative estimate of drug-likeness (QED) is 0.168. The van der Waals surface area contributed by atoms with Crippen molar-refractivity contribution in [3.8, 4) is 0 Å². The molecule has 1 atom stereocenters. The van der Waals surface area contributed by atoms with Gasteiger partial charge < -0.3 is 0 Å².